The van der Waals surface area contributed by atoms with Gasteiger partial charge in [0.05, 0.1) is 26.8 Å². The topological polar surface area (TPSA) is 36.4 Å². The van der Waals surface area contributed by atoms with Crippen molar-refractivity contribution < 1.29 is 9.18 Å². The molecule has 30 heavy (non-hydrogen) atoms. The zero-order valence-electron chi connectivity index (χ0n) is 16.4. The maximum atomic E-state index is 13.9. The van der Waals surface area contributed by atoms with E-state index in [4.69, 9.17) is 0 Å². The normalized spacial score (nSPS) is 16.1. The van der Waals surface area contributed by atoms with Crippen LogP contribution >= 0.6 is 22.7 Å². The summed E-state index contributed by atoms with van der Waals surface area (Å²) in [5, 5.41) is 3.07. The van der Waals surface area contributed by atoms with Gasteiger partial charge >= 0.3 is 0 Å². The molecule has 1 aliphatic heterocycles. The number of halogens is 1. The minimum Gasteiger partial charge on any atom is -0.349 e. The number of anilines is 2. The lowest BCUT2D eigenvalue weighted by atomic mass is 10.0. The van der Waals surface area contributed by atoms with Crippen molar-refractivity contribution in [2.75, 3.05) is 16.8 Å². The first-order valence-electron chi connectivity index (χ1n) is 9.46. The van der Waals surface area contributed by atoms with Gasteiger partial charge in [-0.3, -0.25) is 9.69 Å². The number of rotatable bonds is 3. The molecule has 0 spiro atoms. The molecule has 150 valence electrons. The van der Waals surface area contributed by atoms with E-state index in [1.165, 1.54) is 12.1 Å². The third-order valence-corrected chi connectivity index (χ3v) is 7.11. The van der Waals surface area contributed by atoms with Gasteiger partial charge in [0.1, 0.15) is 12.0 Å². The minimum absolute atomic E-state index is 0.210. The number of fused-ring (bicyclic) bond motifs is 1. The molecule has 4 nitrogen and oxygen atoms in total. The van der Waals surface area contributed by atoms with Gasteiger partial charge in [0.2, 0.25) is 0 Å². The summed E-state index contributed by atoms with van der Waals surface area (Å²) in [6.07, 6.45) is -0.337. The SMILES string of the molecule is Cc1nc(-c2ccc([C@H]3N(C)c4ccc(F)cc4C(=O)N3c3ccccc3)s2)cs1. The Morgan fingerprint density at radius 1 is 1.07 bits per heavy atom. The summed E-state index contributed by atoms with van der Waals surface area (Å²) in [5.41, 5.74) is 2.81. The number of aromatic nitrogens is 1. The summed E-state index contributed by atoms with van der Waals surface area (Å²) in [5.74, 6) is -0.627. The minimum atomic E-state index is -0.417. The Labute approximate surface area is 181 Å². The number of hydrogen-bond acceptors (Lipinski definition) is 5. The first kappa shape index (κ1) is 19.0. The van der Waals surface area contributed by atoms with Crippen molar-refractivity contribution in [2.24, 2.45) is 0 Å². The van der Waals surface area contributed by atoms with E-state index in [0.29, 0.717) is 5.56 Å². The summed E-state index contributed by atoms with van der Waals surface area (Å²) in [4.78, 5) is 23.9. The van der Waals surface area contributed by atoms with Crippen molar-refractivity contribution >= 4 is 40.0 Å². The van der Waals surface area contributed by atoms with E-state index in [-0.39, 0.29) is 12.1 Å². The molecule has 0 fully saturated rings. The Kier molecular flexibility index (Phi) is 4.64. The van der Waals surface area contributed by atoms with Crippen molar-refractivity contribution in [3.8, 4) is 10.6 Å². The smallest absolute Gasteiger partial charge is 0.262 e. The fourth-order valence-electron chi connectivity index (χ4n) is 3.80. The molecule has 1 atom stereocenters. The van der Waals surface area contributed by atoms with Gasteiger partial charge in [0.25, 0.3) is 5.91 Å². The van der Waals surface area contributed by atoms with Gasteiger partial charge in [0, 0.05) is 23.0 Å². The fourth-order valence-corrected chi connectivity index (χ4v) is 5.60. The highest BCUT2D eigenvalue weighted by Crippen LogP contribution is 2.43. The number of thiazole rings is 1. The maximum Gasteiger partial charge on any atom is 0.262 e. The van der Waals surface area contributed by atoms with Gasteiger partial charge in [-0.25, -0.2) is 9.37 Å². The molecule has 2 aromatic heterocycles. The zero-order valence-corrected chi connectivity index (χ0v) is 18.0. The van der Waals surface area contributed by atoms with Crippen LogP contribution in [0.4, 0.5) is 15.8 Å². The van der Waals surface area contributed by atoms with Crippen LogP contribution in [0.15, 0.2) is 66.0 Å². The largest absolute Gasteiger partial charge is 0.349 e. The number of carbonyl (C=O) groups is 1. The first-order valence-corrected chi connectivity index (χ1v) is 11.2. The van der Waals surface area contributed by atoms with Crippen LogP contribution in [-0.2, 0) is 0 Å². The number of aryl methyl sites for hydroxylation is 1. The van der Waals surface area contributed by atoms with Gasteiger partial charge in [-0.05, 0) is 49.4 Å². The van der Waals surface area contributed by atoms with Crippen LogP contribution in [0.2, 0.25) is 0 Å². The zero-order chi connectivity index (χ0) is 20.8. The summed E-state index contributed by atoms with van der Waals surface area (Å²) in [6, 6.07) is 18.0. The van der Waals surface area contributed by atoms with Crippen LogP contribution in [0.1, 0.15) is 26.4 Å². The fraction of sp³-hybridized carbons (Fsp3) is 0.130. The summed E-state index contributed by atoms with van der Waals surface area (Å²) in [7, 11) is 1.94. The van der Waals surface area contributed by atoms with Crippen LogP contribution < -0.4 is 9.80 Å². The standard InChI is InChI=1S/C23H18FN3OS2/c1-14-25-18(13-29-14)20-10-11-21(30-20)22-26(2)19-9-8-15(24)12-17(19)23(28)27(22)16-6-4-3-5-7-16/h3-13,22H,1-2H3/t22-/m0/s1. The molecule has 3 heterocycles. The van der Waals surface area contributed by atoms with Gasteiger partial charge in [-0.2, -0.15) is 0 Å². The molecule has 1 amide bonds. The molecule has 1 aliphatic rings. The number of amides is 1. The molecule has 2 aromatic carbocycles. The molecule has 0 unspecified atom stereocenters. The Morgan fingerprint density at radius 3 is 2.60 bits per heavy atom. The van der Waals surface area contributed by atoms with Crippen LogP contribution in [-0.4, -0.2) is 17.9 Å². The Bertz CT molecular complexity index is 1230. The second-order valence-corrected chi connectivity index (χ2v) is 9.29. The van der Waals surface area contributed by atoms with E-state index in [1.54, 1.807) is 33.6 Å². The number of para-hydroxylation sites is 1. The Hall–Kier alpha value is -3.03. The highest BCUT2D eigenvalue weighted by Gasteiger charge is 2.38. The van der Waals surface area contributed by atoms with Crippen LogP contribution in [0.5, 0.6) is 0 Å². The lowest BCUT2D eigenvalue weighted by molar-refractivity contribution is 0.0969. The van der Waals surface area contributed by atoms with Crippen molar-refractivity contribution in [2.45, 2.75) is 13.1 Å². The summed E-state index contributed by atoms with van der Waals surface area (Å²) in [6.45, 7) is 1.99. The van der Waals surface area contributed by atoms with E-state index < -0.39 is 5.82 Å². The van der Waals surface area contributed by atoms with Gasteiger partial charge in [-0.1, -0.05) is 18.2 Å². The average Bonchev–Trinajstić information content (AvgIpc) is 3.40. The highest BCUT2D eigenvalue weighted by atomic mass is 32.1. The second-order valence-electron chi connectivity index (χ2n) is 7.11. The molecular formula is C23H18FN3OS2. The number of hydrogen-bond donors (Lipinski definition) is 0. The first-order chi connectivity index (χ1) is 14.5. The molecule has 5 rings (SSSR count). The second kappa shape index (κ2) is 7.34. The van der Waals surface area contributed by atoms with Crippen molar-refractivity contribution in [3.63, 3.8) is 0 Å². The molecule has 7 heteroatoms. The van der Waals surface area contributed by atoms with E-state index >= 15 is 0 Å². The lowest BCUT2D eigenvalue weighted by Gasteiger charge is -2.43. The molecule has 0 saturated carbocycles. The predicted octanol–water partition coefficient (Wildman–Crippen LogP) is 6.11. The monoisotopic (exact) mass is 435 g/mol. The van der Waals surface area contributed by atoms with E-state index in [2.05, 4.69) is 11.1 Å². The number of carbonyl (C=O) groups excluding carboxylic acids is 1. The number of thiophene rings is 1. The molecule has 0 bridgehead atoms. The van der Waals surface area contributed by atoms with Gasteiger partial charge in [0.15, 0.2) is 0 Å². The van der Waals surface area contributed by atoms with Crippen molar-refractivity contribution in [1.82, 2.24) is 4.98 Å². The molecular weight excluding hydrogens is 417 g/mol. The number of benzene rings is 2. The highest BCUT2D eigenvalue weighted by molar-refractivity contribution is 7.16. The van der Waals surface area contributed by atoms with E-state index in [0.717, 1.165) is 31.8 Å². The van der Waals surface area contributed by atoms with Crippen LogP contribution in [0.25, 0.3) is 10.6 Å². The van der Waals surface area contributed by atoms with Crippen molar-refractivity contribution in [3.05, 3.63) is 87.3 Å². The molecule has 0 N–H and O–H groups in total. The van der Waals surface area contributed by atoms with Crippen LogP contribution in [0, 0.1) is 12.7 Å². The lowest BCUT2D eigenvalue weighted by Crippen LogP contribution is -2.48. The van der Waals surface area contributed by atoms with Gasteiger partial charge < -0.3 is 4.90 Å². The third-order valence-electron chi connectivity index (χ3n) is 5.19. The Morgan fingerprint density at radius 2 is 1.87 bits per heavy atom. The third kappa shape index (κ3) is 3.11. The molecule has 0 radical (unpaired) electrons. The molecule has 0 aliphatic carbocycles. The maximum absolute atomic E-state index is 13.9. The Balaban J connectivity index is 1.65. The molecule has 0 saturated heterocycles. The van der Waals surface area contributed by atoms with Gasteiger partial charge in [-0.15, -0.1) is 22.7 Å². The quantitative estimate of drug-likeness (QED) is 0.389. The van der Waals surface area contributed by atoms with Crippen LogP contribution in [0.3, 0.4) is 0 Å². The number of nitrogens with zero attached hydrogens (tertiary/aromatic N) is 3. The predicted molar refractivity (Wildman–Crippen MR) is 121 cm³/mol. The summed E-state index contributed by atoms with van der Waals surface area (Å²) < 4.78 is 13.9. The average molecular weight is 436 g/mol. The summed E-state index contributed by atoms with van der Waals surface area (Å²) >= 11 is 3.24. The molecule has 4 aromatic rings. The van der Waals surface area contributed by atoms with Crippen molar-refractivity contribution in [1.29, 1.82) is 0 Å². The van der Waals surface area contributed by atoms with E-state index in [1.807, 2.05) is 60.6 Å². The van der Waals surface area contributed by atoms with E-state index in [9.17, 15) is 9.18 Å².